The van der Waals surface area contributed by atoms with E-state index in [2.05, 4.69) is 20.7 Å². The van der Waals surface area contributed by atoms with Crippen molar-refractivity contribution >= 4 is 29.1 Å². The third-order valence-electron chi connectivity index (χ3n) is 6.63. The van der Waals surface area contributed by atoms with Crippen LogP contribution in [0.1, 0.15) is 48.9 Å². The van der Waals surface area contributed by atoms with Crippen LogP contribution in [0.5, 0.6) is 0 Å². The summed E-state index contributed by atoms with van der Waals surface area (Å²) in [4.78, 5) is 46.4. The summed E-state index contributed by atoms with van der Waals surface area (Å²) in [5.74, 6) is -1.24. The molecule has 3 atom stereocenters. The average molecular weight is 539 g/mol. The minimum Gasteiger partial charge on any atom is -0.391 e. The molecule has 11 heteroatoms. The Morgan fingerprint density at radius 2 is 1.89 bits per heavy atom. The minimum absolute atomic E-state index is 0.0197. The lowest BCUT2D eigenvalue weighted by atomic mass is 9.85. The van der Waals surface area contributed by atoms with E-state index >= 15 is 0 Å². The SMILES string of the molecule is Cc1ncsc1-c1ccc(CNC(=O)[C@@H]2C[C@@H](O)CN2C(=O)[C@@H](NC(=O)c2ccn(C)n2)C(C)(C)C)cc1. The van der Waals surface area contributed by atoms with Gasteiger partial charge in [-0.05, 0) is 29.5 Å². The topological polar surface area (TPSA) is 129 Å². The predicted molar refractivity (Wildman–Crippen MR) is 144 cm³/mol. The van der Waals surface area contributed by atoms with E-state index in [1.54, 1.807) is 30.6 Å². The van der Waals surface area contributed by atoms with E-state index in [0.29, 0.717) is 0 Å². The maximum atomic E-state index is 13.7. The molecule has 1 aliphatic rings. The number of aliphatic hydroxyl groups is 1. The molecule has 1 aromatic carbocycles. The summed E-state index contributed by atoms with van der Waals surface area (Å²) in [6, 6.07) is 7.70. The summed E-state index contributed by atoms with van der Waals surface area (Å²) in [7, 11) is 1.70. The second-order valence-electron chi connectivity index (χ2n) is 10.7. The zero-order valence-corrected chi connectivity index (χ0v) is 23.1. The fraction of sp³-hybridized carbons (Fsp3) is 0.444. The normalized spacial score (nSPS) is 18.3. The van der Waals surface area contributed by atoms with Crippen LogP contribution in [0.15, 0.2) is 42.0 Å². The molecule has 1 fully saturated rings. The van der Waals surface area contributed by atoms with Gasteiger partial charge < -0.3 is 20.6 Å². The largest absolute Gasteiger partial charge is 0.391 e. The summed E-state index contributed by atoms with van der Waals surface area (Å²) in [5, 5.41) is 20.2. The van der Waals surface area contributed by atoms with Gasteiger partial charge in [-0.25, -0.2) is 4.98 Å². The number of amides is 3. The molecule has 0 radical (unpaired) electrons. The van der Waals surface area contributed by atoms with E-state index in [0.717, 1.165) is 21.7 Å². The first-order chi connectivity index (χ1) is 17.9. The van der Waals surface area contributed by atoms with Crippen molar-refractivity contribution < 1.29 is 19.5 Å². The zero-order chi connectivity index (χ0) is 27.6. The van der Waals surface area contributed by atoms with Gasteiger partial charge >= 0.3 is 0 Å². The number of carbonyl (C=O) groups is 3. The summed E-state index contributed by atoms with van der Waals surface area (Å²) >= 11 is 1.58. The van der Waals surface area contributed by atoms with Gasteiger partial charge in [-0.15, -0.1) is 11.3 Å². The number of aromatic nitrogens is 3. The lowest BCUT2D eigenvalue weighted by Gasteiger charge is -2.35. The molecule has 3 amide bonds. The number of rotatable bonds is 7. The molecular formula is C27H34N6O4S. The Balaban J connectivity index is 1.43. The molecule has 4 rings (SSSR count). The van der Waals surface area contributed by atoms with Gasteiger partial charge in [-0.2, -0.15) is 5.10 Å². The molecule has 0 unspecified atom stereocenters. The Labute approximate surface area is 226 Å². The number of aryl methyl sites for hydroxylation is 2. The van der Waals surface area contributed by atoms with E-state index in [4.69, 9.17) is 0 Å². The molecule has 10 nitrogen and oxygen atoms in total. The fourth-order valence-electron chi connectivity index (χ4n) is 4.52. The van der Waals surface area contributed by atoms with Gasteiger partial charge in [0.25, 0.3) is 5.91 Å². The van der Waals surface area contributed by atoms with Gasteiger partial charge in [0.2, 0.25) is 11.8 Å². The first-order valence-corrected chi connectivity index (χ1v) is 13.4. The number of thiazole rings is 1. The monoisotopic (exact) mass is 538 g/mol. The van der Waals surface area contributed by atoms with E-state index in [1.807, 2.05) is 57.5 Å². The van der Waals surface area contributed by atoms with Gasteiger partial charge in [0.15, 0.2) is 0 Å². The van der Waals surface area contributed by atoms with Crippen LogP contribution in [0.2, 0.25) is 0 Å². The maximum Gasteiger partial charge on any atom is 0.272 e. The molecule has 1 aliphatic heterocycles. The van der Waals surface area contributed by atoms with Gasteiger partial charge in [0.05, 0.1) is 22.2 Å². The Kier molecular flexibility index (Phi) is 7.98. The van der Waals surface area contributed by atoms with Crippen molar-refractivity contribution in [2.45, 2.75) is 58.8 Å². The number of aliphatic hydroxyl groups excluding tert-OH is 1. The van der Waals surface area contributed by atoms with Crippen molar-refractivity contribution in [3.63, 3.8) is 0 Å². The predicted octanol–water partition coefficient (Wildman–Crippen LogP) is 2.27. The average Bonchev–Trinajstić information content (AvgIpc) is 3.60. The van der Waals surface area contributed by atoms with Gasteiger partial charge in [0, 0.05) is 32.8 Å². The van der Waals surface area contributed by atoms with Crippen LogP contribution >= 0.6 is 11.3 Å². The highest BCUT2D eigenvalue weighted by molar-refractivity contribution is 7.13. The second kappa shape index (κ2) is 11.0. The zero-order valence-electron chi connectivity index (χ0n) is 22.3. The first-order valence-electron chi connectivity index (χ1n) is 12.5. The highest BCUT2D eigenvalue weighted by atomic mass is 32.1. The number of nitrogens with one attached hydrogen (secondary N) is 2. The molecule has 0 bridgehead atoms. The number of β-amino-alcohol motifs (C(OH)–C–C–N with tert-alkyl or cyclic N) is 1. The summed E-state index contributed by atoms with van der Waals surface area (Å²) in [5.41, 5.74) is 4.32. The molecule has 0 aliphatic carbocycles. The molecular weight excluding hydrogens is 504 g/mol. The Bertz CT molecular complexity index is 1310. The van der Waals surface area contributed by atoms with Crippen molar-refractivity contribution in [2.24, 2.45) is 12.5 Å². The summed E-state index contributed by atoms with van der Waals surface area (Å²) in [6.07, 6.45) is 0.948. The smallest absolute Gasteiger partial charge is 0.272 e. The van der Waals surface area contributed by atoms with Crippen molar-refractivity contribution in [2.75, 3.05) is 6.54 Å². The van der Waals surface area contributed by atoms with Crippen LogP contribution in [-0.4, -0.2) is 67.2 Å². The van der Waals surface area contributed by atoms with E-state index in [-0.39, 0.29) is 31.1 Å². The van der Waals surface area contributed by atoms with Crippen LogP contribution in [0, 0.1) is 12.3 Å². The molecule has 3 aromatic rings. The van der Waals surface area contributed by atoms with E-state index in [9.17, 15) is 19.5 Å². The van der Waals surface area contributed by atoms with Crippen molar-refractivity contribution in [1.82, 2.24) is 30.3 Å². The van der Waals surface area contributed by atoms with Crippen LogP contribution < -0.4 is 10.6 Å². The highest BCUT2D eigenvalue weighted by Crippen LogP contribution is 2.28. The molecule has 38 heavy (non-hydrogen) atoms. The lowest BCUT2D eigenvalue weighted by molar-refractivity contribution is -0.142. The molecule has 3 N–H and O–H groups in total. The Hall–Kier alpha value is -3.57. The summed E-state index contributed by atoms with van der Waals surface area (Å²) < 4.78 is 1.51. The number of hydrogen-bond acceptors (Lipinski definition) is 7. The first kappa shape index (κ1) is 27.5. The molecule has 2 aromatic heterocycles. The number of nitrogens with zero attached hydrogens (tertiary/aromatic N) is 4. The molecule has 0 saturated carbocycles. The molecule has 3 heterocycles. The minimum atomic E-state index is -0.916. The lowest BCUT2D eigenvalue weighted by Crippen LogP contribution is -2.57. The van der Waals surface area contributed by atoms with E-state index < -0.39 is 35.4 Å². The number of likely N-dealkylation sites (tertiary alicyclic amines) is 1. The molecule has 0 spiro atoms. The van der Waals surface area contributed by atoms with Crippen molar-refractivity contribution in [3.05, 3.63) is 59.0 Å². The van der Waals surface area contributed by atoms with Gasteiger partial charge in [-0.1, -0.05) is 45.0 Å². The van der Waals surface area contributed by atoms with Crippen LogP contribution in [0.25, 0.3) is 10.4 Å². The number of hydrogen-bond donors (Lipinski definition) is 3. The van der Waals surface area contributed by atoms with Crippen LogP contribution in [0.4, 0.5) is 0 Å². The fourth-order valence-corrected chi connectivity index (χ4v) is 5.33. The van der Waals surface area contributed by atoms with E-state index in [1.165, 1.54) is 9.58 Å². The van der Waals surface area contributed by atoms with Crippen LogP contribution in [-0.2, 0) is 23.2 Å². The second-order valence-corrected chi connectivity index (χ2v) is 11.6. The third-order valence-corrected chi connectivity index (χ3v) is 7.61. The maximum absolute atomic E-state index is 13.7. The van der Waals surface area contributed by atoms with Crippen LogP contribution in [0.3, 0.4) is 0 Å². The van der Waals surface area contributed by atoms with Crippen molar-refractivity contribution in [3.8, 4) is 10.4 Å². The highest BCUT2D eigenvalue weighted by Gasteiger charge is 2.44. The standard InChI is InChI=1S/C27H34N6O4S/c1-16-22(38-15-29-16)18-8-6-17(7-9-18)13-28-25(36)21-12-19(34)14-33(21)26(37)23(27(2,3)4)30-24(35)20-10-11-32(5)31-20/h6-11,15,19,21,23,34H,12-14H2,1-5H3,(H,28,36)(H,30,35)/t19-,21+,23-/m1/s1. The Morgan fingerprint density at radius 1 is 1.18 bits per heavy atom. The van der Waals surface area contributed by atoms with Gasteiger partial charge in [-0.3, -0.25) is 19.1 Å². The number of benzene rings is 1. The summed E-state index contributed by atoms with van der Waals surface area (Å²) in [6.45, 7) is 7.80. The number of carbonyl (C=O) groups excluding carboxylic acids is 3. The van der Waals surface area contributed by atoms with Crippen molar-refractivity contribution in [1.29, 1.82) is 0 Å². The Morgan fingerprint density at radius 3 is 2.47 bits per heavy atom. The molecule has 1 saturated heterocycles. The van der Waals surface area contributed by atoms with Gasteiger partial charge in [0.1, 0.15) is 17.8 Å². The third kappa shape index (κ3) is 6.11. The quantitative estimate of drug-likeness (QED) is 0.423. The molecule has 202 valence electrons.